The highest BCUT2D eigenvalue weighted by atomic mass is 32.2. The molecule has 2 nitrogen and oxygen atoms in total. The Balaban J connectivity index is 0. The van der Waals surface area contributed by atoms with Crippen LogP contribution in [0, 0.1) is 6.92 Å². The molecule has 0 saturated heterocycles. The Morgan fingerprint density at radius 2 is 1.65 bits per heavy atom. The Kier molecular flexibility index (Phi) is 16.8. The van der Waals surface area contributed by atoms with Crippen molar-refractivity contribution in [2.24, 2.45) is 4.40 Å². The fourth-order valence-corrected chi connectivity index (χ4v) is 1.15. The van der Waals surface area contributed by atoms with Gasteiger partial charge in [-0.15, -0.1) is 0 Å². The van der Waals surface area contributed by atoms with Gasteiger partial charge >= 0.3 is 0 Å². The molecule has 17 heavy (non-hydrogen) atoms. The highest BCUT2D eigenvalue weighted by Crippen LogP contribution is 2.02. The zero-order chi connectivity index (χ0) is 13.5. The lowest BCUT2D eigenvalue weighted by Gasteiger charge is -1.92. The van der Waals surface area contributed by atoms with Gasteiger partial charge in [0, 0.05) is 18.2 Å². The van der Waals surface area contributed by atoms with Crippen LogP contribution in [0.4, 0.5) is 0 Å². The van der Waals surface area contributed by atoms with Crippen molar-refractivity contribution < 1.29 is 0 Å². The van der Waals surface area contributed by atoms with Crippen molar-refractivity contribution in [2.75, 3.05) is 14.1 Å². The van der Waals surface area contributed by atoms with Crippen molar-refractivity contribution in [2.45, 2.75) is 20.8 Å². The molecule has 0 aliphatic heterocycles. The maximum absolute atomic E-state index is 4.61. The van der Waals surface area contributed by atoms with E-state index in [-0.39, 0.29) is 0 Å². The summed E-state index contributed by atoms with van der Waals surface area (Å²) in [6, 6.07) is 8.18. The van der Waals surface area contributed by atoms with Crippen LogP contribution in [0.2, 0.25) is 0 Å². The highest BCUT2D eigenvalue weighted by Gasteiger charge is 1.85. The van der Waals surface area contributed by atoms with Gasteiger partial charge in [0.2, 0.25) is 0 Å². The number of hydrogen-bond donors (Lipinski definition) is 1. The summed E-state index contributed by atoms with van der Waals surface area (Å²) in [6.07, 6.45) is 1.80. The van der Waals surface area contributed by atoms with Gasteiger partial charge in [0.25, 0.3) is 0 Å². The first kappa shape index (κ1) is 18.6. The van der Waals surface area contributed by atoms with Crippen LogP contribution < -0.4 is 5.32 Å². The van der Waals surface area contributed by atoms with Crippen molar-refractivity contribution in [3.05, 3.63) is 35.4 Å². The standard InChI is InChI=1S/C9H9NS2.C2H7N.C2H6/c1-8-2-4-9(5-3-8)6-10-12-7-11;1-3-2;1-2/h2-7H,1H3;3H,1-2H3;1-2H3/b10-6+;;. The van der Waals surface area contributed by atoms with Crippen LogP contribution >= 0.6 is 24.2 Å². The Labute approximate surface area is 115 Å². The molecule has 0 aliphatic rings. The first-order valence-electron chi connectivity index (χ1n) is 5.52. The van der Waals surface area contributed by atoms with E-state index in [0.29, 0.717) is 0 Å². The fourth-order valence-electron chi connectivity index (χ4n) is 0.769. The zero-order valence-corrected chi connectivity index (χ0v) is 12.9. The van der Waals surface area contributed by atoms with E-state index in [0.717, 1.165) is 5.56 Å². The van der Waals surface area contributed by atoms with Crippen molar-refractivity contribution in [3.8, 4) is 0 Å². The summed E-state index contributed by atoms with van der Waals surface area (Å²) in [5, 5.41) is 2.75. The van der Waals surface area contributed by atoms with Gasteiger partial charge in [-0.3, -0.25) is 0 Å². The molecule has 4 heteroatoms. The smallest absolute Gasteiger partial charge is 0.0574 e. The number of nitrogens with zero attached hydrogens (tertiary/aromatic N) is 1. The predicted octanol–water partition coefficient (Wildman–Crippen LogP) is 3.88. The molecule has 1 aromatic carbocycles. The molecule has 0 bridgehead atoms. The Morgan fingerprint density at radius 1 is 1.18 bits per heavy atom. The van der Waals surface area contributed by atoms with E-state index >= 15 is 0 Å². The summed E-state index contributed by atoms with van der Waals surface area (Å²) < 4.78 is 5.55. The molecule has 0 atom stereocenters. The van der Waals surface area contributed by atoms with E-state index in [1.807, 2.05) is 40.1 Å². The largest absolute Gasteiger partial charge is 0.323 e. The van der Waals surface area contributed by atoms with Crippen LogP contribution in [0.1, 0.15) is 25.0 Å². The molecular formula is C13H22N2S2. The van der Waals surface area contributed by atoms with E-state index < -0.39 is 0 Å². The SMILES string of the molecule is CC.CNC.Cc1ccc(/C=N/SC=S)cc1. The normalized spacial score (nSPS) is 8.76. The van der Waals surface area contributed by atoms with Gasteiger partial charge in [-0.2, -0.15) is 0 Å². The van der Waals surface area contributed by atoms with Crippen molar-refractivity contribution >= 4 is 35.1 Å². The lowest BCUT2D eigenvalue weighted by Crippen LogP contribution is -1.89. The summed E-state index contributed by atoms with van der Waals surface area (Å²) in [5.74, 6) is 0. The number of aryl methyl sites for hydroxylation is 1. The highest BCUT2D eigenvalue weighted by molar-refractivity contribution is 8.19. The van der Waals surface area contributed by atoms with E-state index in [4.69, 9.17) is 0 Å². The van der Waals surface area contributed by atoms with Crippen molar-refractivity contribution in [3.63, 3.8) is 0 Å². The van der Waals surface area contributed by atoms with Crippen LogP contribution in [-0.2, 0) is 0 Å². The molecule has 0 heterocycles. The molecule has 1 N–H and O–H groups in total. The first-order chi connectivity index (χ1) is 8.24. The van der Waals surface area contributed by atoms with Crippen LogP contribution in [0.3, 0.4) is 0 Å². The molecule has 0 fully saturated rings. The molecule has 0 saturated carbocycles. The first-order valence-corrected chi connectivity index (χ1v) is 6.83. The average molecular weight is 270 g/mol. The number of thiocarbonyl (C=S) groups is 1. The lowest BCUT2D eigenvalue weighted by molar-refractivity contribution is 1.02. The molecular weight excluding hydrogens is 248 g/mol. The summed E-state index contributed by atoms with van der Waals surface area (Å²) in [7, 11) is 3.75. The number of nitrogens with one attached hydrogen (secondary N) is 1. The Hall–Kier alpha value is -0.710. The molecule has 0 aliphatic carbocycles. The summed E-state index contributed by atoms with van der Waals surface area (Å²) >= 11 is 5.88. The fraction of sp³-hybridized carbons (Fsp3) is 0.385. The van der Waals surface area contributed by atoms with Crippen LogP contribution in [0.5, 0.6) is 0 Å². The van der Waals surface area contributed by atoms with Gasteiger partial charge in [0.1, 0.15) is 0 Å². The van der Waals surface area contributed by atoms with E-state index in [9.17, 15) is 0 Å². The van der Waals surface area contributed by atoms with Crippen LogP contribution in [0.15, 0.2) is 28.7 Å². The van der Waals surface area contributed by atoms with Gasteiger partial charge in [0.15, 0.2) is 0 Å². The molecule has 1 rings (SSSR count). The number of hydrogen-bond acceptors (Lipinski definition) is 4. The van der Waals surface area contributed by atoms with Gasteiger partial charge in [-0.25, -0.2) is 4.40 Å². The summed E-state index contributed by atoms with van der Waals surface area (Å²) in [6.45, 7) is 6.06. The van der Waals surface area contributed by atoms with E-state index in [1.54, 1.807) is 6.21 Å². The minimum Gasteiger partial charge on any atom is -0.323 e. The number of rotatable bonds is 3. The monoisotopic (exact) mass is 270 g/mol. The van der Waals surface area contributed by atoms with Gasteiger partial charge in [-0.1, -0.05) is 55.9 Å². The predicted molar refractivity (Wildman–Crippen MR) is 86.4 cm³/mol. The van der Waals surface area contributed by atoms with E-state index in [2.05, 4.69) is 41.0 Å². The van der Waals surface area contributed by atoms with Gasteiger partial charge in [0.05, 0.1) is 4.70 Å². The molecule has 0 amide bonds. The second-order valence-electron chi connectivity index (χ2n) is 2.85. The maximum atomic E-state index is 4.61. The minimum atomic E-state index is 1.10. The molecule has 0 aromatic heterocycles. The van der Waals surface area contributed by atoms with Crippen LogP contribution in [0.25, 0.3) is 0 Å². The number of benzene rings is 1. The van der Waals surface area contributed by atoms with Crippen molar-refractivity contribution in [1.29, 1.82) is 0 Å². The van der Waals surface area contributed by atoms with Crippen molar-refractivity contribution in [1.82, 2.24) is 5.32 Å². The Bertz CT molecular complexity index is 295. The second-order valence-corrected chi connectivity index (χ2v) is 4.04. The Morgan fingerprint density at radius 3 is 2.06 bits per heavy atom. The third kappa shape index (κ3) is 13.2. The molecule has 0 unspecified atom stereocenters. The maximum Gasteiger partial charge on any atom is 0.0574 e. The summed E-state index contributed by atoms with van der Waals surface area (Å²) in [5.41, 5.74) is 2.36. The molecule has 96 valence electrons. The van der Waals surface area contributed by atoms with Gasteiger partial charge in [-0.05, 0) is 26.6 Å². The lowest BCUT2D eigenvalue weighted by atomic mass is 10.2. The third-order valence-electron chi connectivity index (χ3n) is 1.38. The van der Waals surface area contributed by atoms with Crippen LogP contribution in [-0.4, -0.2) is 25.0 Å². The van der Waals surface area contributed by atoms with Gasteiger partial charge < -0.3 is 5.32 Å². The quantitative estimate of drug-likeness (QED) is 0.512. The molecule has 0 radical (unpaired) electrons. The average Bonchev–Trinajstić information content (AvgIpc) is 2.36. The minimum absolute atomic E-state index is 1.10. The summed E-state index contributed by atoms with van der Waals surface area (Å²) in [4.78, 5) is 0. The second kappa shape index (κ2) is 15.3. The molecule has 0 spiro atoms. The molecule has 1 aromatic rings. The zero-order valence-electron chi connectivity index (χ0n) is 11.2. The van der Waals surface area contributed by atoms with E-state index in [1.165, 1.54) is 22.2 Å². The third-order valence-corrected chi connectivity index (χ3v) is 1.95. The topological polar surface area (TPSA) is 24.4 Å².